The summed E-state index contributed by atoms with van der Waals surface area (Å²) in [7, 11) is 0. The zero-order valence-corrected chi connectivity index (χ0v) is 15.0. The Hall–Kier alpha value is -2.12. The van der Waals surface area contributed by atoms with E-state index in [1.54, 1.807) is 35.1 Å². The number of carbonyl (C=O) groups excluding carboxylic acids is 1. The lowest BCUT2D eigenvalue weighted by Crippen LogP contribution is -2.26. The Bertz CT molecular complexity index is 798. The molecule has 0 saturated heterocycles. The van der Waals surface area contributed by atoms with Gasteiger partial charge in [-0.3, -0.25) is 9.78 Å². The molecule has 3 rings (SSSR count). The van der Waals surface area contributed by atoms with Crippen LogP contribution in [0.1, 0.15) is 22.8 Å². The SMILES string of the molecule is Cc1nc(CCNC(=O)CCc2csc(-c3ccncc3)n2)cs1. The summed E-state index contributed by atoms with van der Waals surface area (Å²) < 4.78 is 0. The molecule has 1 N–H and O–H groups in total. The first-order valence-electron chi connectivity index (χ1n) is 7.73. The Morgan fingerprint density at radius 3 is 2.58 bits per heavy atom. The van der Waals surface area contributed by atoms with Crippen molar-refractivity contribution >= 4 is 28.6 Å². The fourth-order valence-corrected chi connectivity index (χ4v) is 3.74. The second kappa shape index (κ2) is 8.12. The number of pyridine rings is 1. The van der Waals surface area contributed by atoms with Gasteiger partial charge in [0, 0.05) is 48.1 Å². The molecule has 124 valence electrons. The van der Waals surface area contributed by atoms with E-state index in [4.69, 9.17) is 0 Å². The Morgan fingerprint density at radius 1 is 1.08 bits per heavy atom. The quantitative estimate of drug-likeness (QED) is 0.704. The van der Waals surface area contributed by atoms with Gasteiger partial charge in [0.05, 0.1) is 16.4 Å². The van der Waals surface area contributed by atoms with Crippen molar-refractivity contribution in [2.75, 3.05) is 6.54 Å². The Morgan fingerprint density at radius 2 is 1.83 bits per heavy atom. The van der Waals surface area contributed by atoms with Crippen molar-refractivity contribution in [3.05, 3.63) is 51.7 Å². The number of hydrogen-bond donors (Lipinski definition) is 1. The summed E-state index contributed by atoms with van der Waals surface area (Å²) in [5.41, 5.74) is 3.06. The van der Waals surface area contributed by atoms with Crippen LogP contribution in [0, 0.1) is 6.92 Å². The van der Waals surface area contributed by atoms with Gasteiger partial charge in [0.1, 0.15) is 5.01 Å². The highest BCUT2D eigenvalue weighted by atomic mass is 32.1. The van der Waals surface area contributed by atoms with E-state index in [1.165, 1.54) is 0 Å². The summed E-state index contributed by atoms with van der Waals surface area (Å²) in [6.07, 6.45) is 5.40. The van der Waals surface area contributed by atoms with E-state index in [0.717, 1.165) is 33.4 Å². The van der Waals surface area contributed by atoms with Crippen LogP contribution < -0.4 is 5.32 Å². The second-order valence-corrected chi connectivity index (χ2v) is 7.26. The number of aromatic nitrogens is 3. The van der Waals surface area contributed by atoms with Crippen molar-refractivity contribution in [2.45, 2.75) is 26.2 Å². The first kappa shape index (κ1) is 16.7. The zero-order valence-electron chi connectivity index (χ0n) is 13.4. The van der Waals surface area contributed by atoms with Gasteiger partial charge in [-0.05, 0) is 25.5 Å². The standard InChI is InChI=1S/C17H18N4OS2/c1-12-20-15(10-23-12)6-9-19-16(22)3-2-14-11-24-17(21-14)13-4-7-18-8-5-13/h4-5,7-8,10-11H,2-3,6,9H2,1H3,(H,19,22). The largest absolute Gasteiger partial charge is 0.356 e. The fraction of sp³-hybridized carbons (Fsp3) is 0.294. The summed E-state index contributed by atoms with van der Waals surface area (Å²) in [5, 5.41) is 9.02. The molecule has 0 radical (unpaired) electrons. The van der Waals surface area contributed by atoms with Gasteiger partial charge in [-0.15, -0.1) is 22.7 Å². The smallest absolute Gasteiger partial charge is 0.220 e. The molecule has 0 aliphatic heterocycles. The average molecular weight is 358 g/mol. The molecule has 0 aliphatic carbocycles. The minimum Gasteiger partial charge on any atom is -0.356 e. The van der Waals surface area contributed by atoms with Crippen LogP contribution in [0.25, 0.3) is 10.6 Å². The predicted octanol–water partition coefficient (Wildman–Crippen LogP) is 3.26. The lowest BCUT2D eigenvalue weighted by atomic mass is 10.2. The lowest BCUT2D eigenvalue weighted by molar-refractivity contribution is -0.121. The van der Waals surface area contributed by atoms with E-state index in [0.29, 0.717) is 19.4 Å². The van der Waals surface area contributed by atoms with Gasteiger partial charge < -0.3 is 5.32 Å². The summed E-state index contributed by atoms with van der Waals surface area (Å²) >= 11 is 3.23. The molecule has 3 heterocycles. The van der Waals surface area contributed by atoms with Crippen LogP contribution >= 0.6 is 22.7 Å². The van der Waals surface area contributed by atoms with E-state index < -0.39 is 0 Å². The molecule has 0 aromatic carbocycles. The van der Waals surface area contributed by atoms with Crippen molar-refractivity contribution in [1.82, 2.24) is 20.3 Å². The number of amides is 1. The van der Waals surface area contributed by atoms with Crippen LogP contribution in [-0.2, 0) is 17.6 Å². The average Bonchev–Trinajstić information content (AvgIpc) is 3.23. The van der Waals surface area contributed by atoms with Crippen LogP contribution in [0.2, 0.25) is 0 Å². The van der Waals surface area contributed by atoms with E-state index in [9.17, 15) is 4.79 Å². The molecule has 0 aliphatic rings. The molecular weight excluding hydrogens is 340 g/mol. The van der Waals surface area contributed by atoms with Crippen molar-refractivity contribution in [2.24, 2.45) is 0 Å². The molecule has 0 fully saturated rings. The molecule has 0 atom stereocenters. The number of thiazole rings is 2. The van der Waals surface area contributed by atoms with Crippen molar-refractivity contribution in [3.8, 4) is 10.6 Å². The third-order valence-corrected chi connectivity index (χ3v) is 5.22. The molecule has 3 aromatic rings. The van der Waals surface area contributed by atoms with Crippen LogP contribution in [0.5, 0.6) is 0 Å². The minimum absolute atomic E-state index is 0.0559. The molecule has 0 saturated carbocycles. The highest BCUT2D eigenvalue weighted by Crippen LogP contribution is 2.23. The first-order chi connectivity index (χ1) is 11.7. The summed E-state index contributed by atoms with van der Waals surface area (Å²) in [6.45, 7) is 2.61. The summed E-state index contributed by atoms with van der Waals surface area (Å²) in [5.74, 6) is 0.0559. The van der Waals surface area contributed by atoms with Crippen LogP contribution in [0.4, 0.5) is 0 Å². The minimum atomic E-state index is 0.0559. The maximum Gasteiger partial charge on any atom is 0.220 e. The predicted molar refractivity (Wildman–Crippen MR) is 97.2 cm³/mol. The first-order valence-corrected chi connectivity index (χ1v) is 9.49. The van der Waals surface area contributed by atoms with E-state index in [2.05, 4.69) is 20.3 Å². The second-order valence-electron chi connectivity index (χ2n) is 5.34. The van der Waals surface area contributed by atoms with E-state index >= 15 is 0 Å². The molecule has 1 amide bonds. The van der Waals surface area contributed by atoms with Crippen LogP contribution in [0.15, 0.2) is 35.3 Å². The number of hydrogen-bond acceptors (Lipinski definition) is 6. The topological polar surface area (TPSA) is 67.8 Å². The van der Waals surface area contributed by atoms with E-state index in [1.807, 2.05) is 29.8 Å². The molecule has 0 bridgehead atoms. The van der Waals surface area contributed by atoms with Crippen LogP contribution in [-0.4, -0.2) is 27.4 Å². The number of nitrogens with one attached hydrogen (secondary N) is 1. The van der Waals surface area contributed by atoms with Crippen LogP contribution in [0.3, 0.4) is 0 Å². The molecule has 0 unspecified atom stereocenters. The Kier molecular flexibility index (Phi) is 5.66. The highest BCUT2D eigenvalue weighted by Gasteiger charge is 2.07. The molecule has 7 heteroatoms. The van der Waals surface area contributed by atoms with E-state index in [-0.39, 0.29) is 5.91 Å². The fourth-order valence-electron chi connectivity index (χ4n) is 2.23. The lowest BCUT2D eigenvalue weighted by Gasteiger charge is -2.03. The highest BCUT2D eigenvalue weighted by molar-refractivity contribution is 7.13. The molecular formula is C17H18N4OS2. The monoisotopic (exact) mass is 358 g/mol. The van der Waals surface area contributed by atoms with Gasteiger partial charge in [0.2, 0.25) is 5.91 Å². The maximum atomic E-state index is 11.9. The number of carbonyl (C=O) groups is 1. The van der Waals surface area contributed by atoms with Gasteiger partial charge in [-0.1, -0.05) is 0 Å². The molecule has 5 nitrogen and oxygen atoms in total. The van der Waals surface area contributed by atoms with Gasteiger partial charge >= 0.3 is 0 Å². The maximum absolute atomic E-state index is 11.9. The number of nitrogens with zero attached hydrogens (tertiary/aromatic N) is 3. The Labute approximate surface area is 148 Å². The molecule has 3 aromatic heterocycles. The molecule has 24 heavy (non-hydrogen) atoms. The third kappa shape index (κ3) is 4.69. The van der Waals surface area contributed by atoms with Gasteiger partial charge in [0.15, 0.2) is 0 Å². The number of rotatable bonds is 7. The van der Waals surface area contributed by atoms with Crippen molar-refractivity contribution in [3.63, 3.8) is 0 Å². The summed E-state index contributed by atoms with van der Waals surface area (Å²) in [4.78, 5) is 24.9. The Balaban J connectivity index is 1.42. The summed E-state index contributed by atoms with van der Waals surface area (Å²) in [6, 6.07) is 3.88. The van der Waals surface area contributed by atoms with Gasteiger partial charge in [0.25, 0.3) is 0 Å². The van der Waals surface area contributed by atoms with Gasteiger partial charge in [-0.2, -0.15) is 0 Å². The zero-order chi connectivity index (χ0) is 16.8. The van der Waals surface area contributed by atoms with Crippen molar-refractivity contribution < 1.29 is 4.79 Å². The number of aryl methyl sites for hydroxylation is 2. The normalized spacial score (nSPS) is 10.7. The molecule has 0 spiro atoms. The third-order valence-electron chi connectivity index (χ3n) is 3.46. The van der Waals surface area contributed by atoms with Crippen molar-refractivity contribution in [1.29, 1.82) is 0 Å². The van der Waals surface area contributed by atoms with Gasteiger partial charge in [-0.25, -0.2) is 9.97 Å².